The summed E-state index contributed by atoms with van der Waals surface area (Å²) in [6.45, 7) is 2.47. The van der Waals surface area contributed by atoms with Crippen LogP contribution >= 0.6 is 11.3 Å². The molecule has 1 saturated heterocycles. The number of piperidine rings is 1. The van der Waals surface area contributed by atoms with Gasteiger partial charge in [-0.15, -0.1) is 11.3 Å². The number of hydrogen-bond donors (Lipinski definition) is 1. The first-order valence-corrected chi connectivity index (χ1v) is 8.02. The minimum atomic E-state index is 0.117. The van der Waals surface area contributed by atoms with E-state index >= 15 is 0 Å². The Kier molecular flexibility index (Phi) is 4.15. The molecular weight excluding hydrogens is 284 g/mol. The molecule has 1 aliphatic rings. The van der Waals surface area contributed by atoms with E-state index in [1.165, 1.54) is 0 Å². The Balaban J connectivity index is 1.76. The zero-order valence-electron chi connectivity index (χ0n) is 12.0. The fourth-order valence-electron chi connectivity index (χ4n) is 2.66. The van der Waals surface area contributed by atoms with Gasteiger partial charge in [0, 0.05) is 25.0 Å². The van der Waals surface area contributed by atoms with Crippen LogP contribution in [0.3, 0.4) is 0 Å². The number of aromatic nitrogens is 2. The summed E-state index contributed by atoms with van der Waals surface area (Å²) in [6.07, 6.45) is 4.97. The van der Waals surface area contributed by atoms with Gasteiger partial charge in [-0.1, -0.05) is 6.07 Å². The van der Waals surface area contributed by atoms with Crippen molar-refractivity contribution in [2.75, 3.05) is 11.9 Å². The van der Waals surface area contributed by atoms with Gasteiger partial charge in [0.05, 0.1) is 11.7 Å². The molecule has 1 N–H and O–H groups in total. The van der Waals surface area contributed by atoms with Gasteiger partial charge in [-0.05, 0) is 31.4 Å². The summed E-state index contributed by atoms with van der Waals surface area (Å²) in [5.41, 5.74) is 0.980. The third kappa shape index (κ3) is 3.21. The van der Waals surface area contributed by atoms with E-state index in [0.717, 1.165) is 42.5 Å². The van der Waals surface area contributed by atoms with Gasteiger partial charge in [0.15, 0.2) is 5.13 Å². The first-order valence-electron chi connectivity index (χ1n) is 7.15. The number of anilines is 2. The second-order valence-corrected chi connectivity index (χ2v) is 6.00. The van der Waals surface area contributed by atoms with Crippen molar-refractivity contribution in [2.45, 2.75) is 32.2 Å². The summed E-state index contributed by atoms with van der Waals surface area (Å²) in [6, 6.07) is 5.84. The van der Waals surface area contributed by atoms with Gasteiger partial charge in [0.2, 0.25) is 5.91 Å². The molecule has 1 aliphatic heterocycles. The molecule has 0 aromatic carbocycles. The average molecular weight is 302 g/mol. The monoisotopic (exact) mass is 302 g/mol. The van der Waals surface area contributed by atoms with Crippen LogP contribution in [0, 0.1) is 0 Å². The fourth-order valence-corrected chi connectivity index (χ4v) is 3.42. The topological polar surface area (TPSA) is 58.1 Å². The van der Waals surface area contributed by atoms with Crippen LogP contribution in [0.4, 0.5) is 10.9 Å². The van der Waals surface area contributed by atoms with E-state index in [-0.39, 0.29) is 11.9 Å². The standard InChI is InChI=1S/C15H18N4OS/c1-11(20)19-9-5-3-6-13(19)12-10-21-15(17-12)18-14-7-2-4-8-16-14/h2,4,7-8,10,13H,3,5-6,9H2,1H3,(H,16,17,18)/t13-/m1/s1. The Morgan fingerprint density at radius 1 is 1.43 bits per heavy atom. The molecule has 1 atom stereocenters. The molecular formula is C15H18N4OS. The Bertz CT molecular complexity index is 613. The molecule has 3 heterocycles. The van der Waals surface area contributed by atoms with E-state index in [1.807, 2.05) is 28.5 Å². The maximum atomic E-state index is 11.8. The first-order chi connectivity index (χ1) is 10.2. The molecule has 1 amide bonds. The maximum Gasteiger partial charge on any atom is 0.220 e. The quantitative estimate of drug-likeness (QED) is 0.944. The number of nitrogens with one attached hydrogen (secondary N) is 1. The molecule has 0 unspecified atom stereocenters. The van der Waals surface area contributed by atoms with Crippen LogP contribution in [0.2, 0.25) is 0 Å². The lowest BCUT2D eigenvalue weighted by Gasteiger charge is -2.34. The van der Waals surface area contributed by atoms with Crippen molar-refractivity contribution in [3.63, 3.8) is 0 Å². The number of carbonyl (C=O) groups excluding carboxylic acids is 1. The molecule has 21 heavy (non-hydrogen) atoms. The van der Waals surface area contributed by atoms with Crippen molar-refractivity contribution < 1.29 is 4.79 Å². The lowest BCUT2D eigenvalue weighted by atomic mass is 10.00. The Morgan fingerprint density at radius 3 is 3.10 bits per heavy atom. The smallest absolute Gasteiger partial charge is 0.220 e. The van der Waals surface area contributed by atoms with E-state index in [0.29, 0.717) is 0 Å². The lowest BCUT2D eigenvalue weighted by Crippen LogP contribution is -2.37. The van der Waals surface area contributed by atoms with Gasteiger partial charge in [-0.3, -0.25) is 4.79 Å². The van der Waals surface area contributed by atoms with Crippen LogP contribution in [0.25, 0.3) is 0 Å². The normalized spacial score (nSPS) is 18.5. The number of rotatable bonds is 3. The number of carbonyl (C=O) groups is 1. The Morgan fingerprint density at radius 2 is 2.33 bits per heavy atom. The van der Waals surface area contributed by atoms with E-state index in [1.54, 1.807) is 24.5 Å². The van der Waals surface area contributed by atoms with Crippen molar-refractivity contribution in [2.24, 2.45) is 0 Å². The van der Waals surface area contributed by atoms with Gasteiger partial charge < -0.3 is 10.2 Å². The molecule has 3 rings (SSSR count). The second-order valence-electron chi connectivity index (χ2n) is 5.14. The van der Waals surface area contributed by atoms with Crippen molar-refractivity contribution in [1.82, 2.24) is 14.9 Å². The number of likely N-dealkylation sites (tertiary alicyclic amines) is 1. The van der Waals surface area contributed by atoms with Crippen LogP contribution in [0.15, 0.2) is 29.8 Å². The summed E-state index contributed by atoms with van der Waals surface area (Å²) in [5.74, 6) is 0.914. The summed E-state index contributed by atoms with van der Waals surface area (Å²) in [4.78, 5) is 22.6. The highest BCUT2D eigenvalue weighted by Gasteiger charge is 2.27. The molecule has 0 aliphatic carbocycles. The van der Waals surface area contributed by atoms with Gasteiger partial charge in [-0.2, -0.15) is 0 Å². The van der Waals surface area contributed by atoms with Crippen LogP contribution in [-0.4, -0.2) is 27.3 Å². The molecule has 0 spiro atoms. The van der Waals surface area contributed by atoms with Gasteiger partial charge in [-0.25, -0.2) is 9.97 Å². The zero-order valence-corrected chi connectivity index (χ0v) is 12.8. The van der Waals surface area contributed by atoms with Crippen molar-refractivity contribution >= 4 is 28.2 Å². The van der Waals surface area contributed by atoms with E-state index in [2.05, 4.69) is 15.3 Å². The van der Waals surface area contributed by atoms with Crippen molar-refractivity contribution in [3.8, 4) is 0 Å². The van der Waals surface area contributed by atoms with E-state index in [4.69, 9.17) is 0 Å². The number of hydrogen-bond acceptors (Lipinski definition) is 5. The highest BCUT2D eigenvalue weighted by Crippen LogP contribution is 2.33. The highest BCUT2D eigenvalue weighted by atomic mass is 32.1. The summed E-state index contributed by atoms with van der Waals surface area (Å²) in [5, 5.41) is 6.06. The van der Waals surface area contributed by atoms with Crippen molar-refractivity contribution in [3.05, 3.63) is 35.5 Å². The van der Waals surface area contributed by atoms with Crippen LogP contribution in [0.1, 0.15) is 37.9 Å². The third-order valence-electron chi connectivity index (χ3n) is 3.67. The summed E-state index contributed by atoms with van der Waals surface area (Å²) in [7, 11) is 0. The maximum absolute atomic E-state index is 11.8. The minimum absolute atomic E-state index is 0.117. The molecule has 0 saturated carbocycles. The predicted molar refractivity (Wildman–Crippen MR) is 83.6 cm³/mol. The van der Waals surface area contributed by atoms with Crippen molar-refractivity contribution in [1.29, 1.82) is 0 Å². The molecule has 2 aromatic heterocycles. The second kappa shape index (κ2) is 6.22. The Hall–Kier alpha value is -1.95. The molecule has 2 aromatic rings. The number of pyridine rings is 1. The largest absolute Gasteiger partial charge is 0.334 e. The van der Waals surface area contributed by atoms with Crippen LogP contribution in [0.5, 0.6) is 0 Å². The first kappa shape index (κ1) is 14.0. The third-order valence-corrected chi connectivity index (χ3v) is 4.45. The SMILES string of the molecule is CC(=O)N1CCCC[C@@H]1c1csc(Nc2ccccn2)n1. The molecule has 110 valence electrons. The van der Waals surface area contributed by atoms with Gasteiger partial charge >= 0.3 is 0 Å². The molecule has 0 bridgehead atoms. The van der Waals surface area contributed by atoms with E-state index < -0.39 is 0 Å². The Labute approximate surface area is 128 Å². The highest BCUT2D eigenvalue weighted by molar-refractivity contribution is 7.13. The van der Waals surface area contributed by atoms with Crippen LogP contribution < -0.4 is 5.32 Å². The van der Waals surface area contributed by atoms with Gasteiger partial charge in [0.25, 0.3) is 0 Å². The van der Waals surface area contributed by atoms with Crippen LogP contribution in [-0.2, 0) is 4.79 Å². The number of nitrogens with zero attached hydrogens (tertiary/aromatic N) is 3. The van der Waals surface area contributed by atoms with E-state index in [9.17, 15) is 4.79 Å². The number of amides is 1. The molecule has 1 fully saturated rings. The average Bonchev–Trinajstić information content (AvgIpc) is 2.96. The zero-order chi connectivity index (χ0) is 14.7. The molecule has 5 nitrogen and oxygen atoms in total. The van der Waals surface area contributed by atoms with Gasteiger partial charge in [0.1, 0.15) is 5.82 Å². The summed E-state index contributed by atoms with van der Waals surface area (Å²) < 4.78 is 0. The summed E-state index contributed by atoms with van der Waals surface area (Å²) >= 11 is 1.55. The lowest BCUT2D eigenvalue weighted by molar-refractivity contribution is -0.132. The number of thiazole rings is 1. The molecule has 6 heteroatoms. The predicted octanol–water partition coefficient (Wildman–Crippen LogP) is 3.36. The molecule has 0 radical (unpaired) electrons. The minimum Gasteiger partial charge on any atom is -0.334 e. The fraction of sp³-hybridized carbons (Fsp3) is 0.400.